The summed E-state index contributed by atoms with van der Waals surface area (Å²) >= 11 is 1.42. The molecule has 2 atom stereocenters. The molecule has 1 aliphatic rings. The maximum atomic E-state index is 13.1. The molecule has 3 aromatic rings. The number of terminal acetylenes is 1. The van der Waals surface area contributed by atoms with Gasteiger partial charge in [0.15, 0.2) is 4.80 Å². The lowest BCUT2D eigenvalue weighted by molar-refractivity contribution is 0.0998. The van der Waals surface area contributed by atoms with Crippen molar-refractivity contribution in [1.29, 1.82) is 0 Å². The Labute approximate surface area is 205 Å². The standard InChI is InChI=1S/C26H29N3O3S2/c1-5-13-29-23-12-7-20(6-2)15-24(23)33-26(29)27-25(30)21-8-10-22(11-9-21)34(31,32)28-16-18(3)14-19(4)17-28/h1,7-12,15,18-19H,6,13-14,16-17H2,2-4H3. The van der Waals surface area contributed by atoms with Crippen molar-refractivity contribution in [2.24, 2.45) is 16.8 Å². The first kappa shape index (κ1) is 24.4. The molecule has 2 unspecified atom stereocenters. The third-order valence-electron chi connectivity index (χ3n) is 6.18. The van der Waals surface area contributed by atoms with Crippen LogP contribution in [0.5, 0.6) is 0 Å². The van der Waals surface area contributed by atoms with Gasteiger partial charge in [-0.1, -0.05) is 44.1 Å². The van der Waals surface area contributed by atoms with E-state index in [1.807, 2.05) is 10.6 Å². The first-order chi connectivity index (χ1) is 16.2. The van der Waals surface area contributed by atoms with Gasteiger partial charge in [-0.3, -0.25) is 4.79 Å². The Bertz CT molecular complexity index is 1420. The van der Waals surface area contributed by atoms with E-state index in [1.54, 1.807) is 4.31 Å². The molecule has 4 rings (SSSR count). The van der Waals surface area contributed by atoms with E-state index in [4.69, 9.17) is 6.42 Å². The molecule has 1 aliphatic heterocycles. The number of amides is 1. The quantitative estimate of drug-likeness (QED) is 0.495. The zero-order valence-corrected chi connectivity index (χ0v) is 21.3. The van der Waals surface area contributed by atoms with Crippen molar-refractivity contribution in [3.05, 3.63) is 58.4 Å². The second kappa shape index (κ2) is 9.87. The van der Waals surface area contributed by atoms with E-state index in [0.717, 1.165) is 23.1 Å². The maximum absolute atomic E-state index is 13.1. The van der Waals surface area contributed by atoms with Crippen LogP contribution < -0.4 is 4.80 Å². The molecule has 1 amide bonds. The van der Waals surface area contributed by atoms with Crippen LogP contribution >= 0.6 is 11.3 Å². The molecule has 0 N–H and O–H groups in total. The summed E-state index contributed by atoms with van der Waals surface area (Å²) in [4.78, 5) is 18.0. The fraction of sp³-hybridized carbons (Fsp3) is 0.385. The third-order valence-corrected chi connectivity index (χ3v) is 9.06. The lowest BCUT2D eigenvalue weighted by atomic mass is 9.94. The van der Waals surface area contributed by atoms with Crippen LogP contribution in [0.1, 0.15) is 43.1 Å². The molecule has 178 valence electrons. The number of benzene rings is 2. The summed E-state index contributed by atoms with van der Waals surface area (Å²) in [6.07, 6.45) is 7.50. The van der Waals surface area contributed by atoms with Gasteiger partial charge in [-0.2, -0.15) is 9.30 Å². The average molecular weight is 496 g/mol. The van der Waals surface area contributed by atoms with E-state index >= 15 is 0 Å². The summed E-state index contributed by atoms with van der Waals surface area (Å²) < 4.78 is 30.7. The predicted molar refractivity (Wildman–Crippen MR) is 136 cm³/mol. The van der Waals surface area contributed by atoms with Crippen LogP contribution in [0.15, 0.2) is 52.4 Å². The number of sulfonamides is 1. The number of nitrogens with zero attached hydrogens (tertiary/aromatic N) is 3. The molecule has 1 saturated heterocycles. The molecule has 0 radical (unpaired) electrons. The fourth-order valence-electron chi connectivity index (χ4n) is 4.54. The number of aromatic nitrogens is 1. The number of hydrogen-bond donors (Lipinski definition) is 0. The average Bonchev–Trinajstić information content (AvgIpc) is 3.14. The maximum Gasteiger partial charge on any atom is 0.279 e. The molecule has 0 aliphatic carbocycles. The van der Waals surface area contributed by atoms with E-state index in [2.05, 4.69) is 43.8 Å². The highest BCUT2D eigenvalue weighted by Crippen LogP contribution is 2.27. The number of carbonyl (C=O) groups is 1. The normalized spacial score (nSPS) is 19.9. The molecule has 0 saturated carbocycles. The lowest BCUT2D eigenvalue weighted by Gasteiger charge is -2.34. The minimum Gasteiger partial charge on any atom is -0.305 e. The van der Waals surface area contributed by atoms with E-state index in [9.17, 15) is 13.2 Å². The zero-order chi connectivity index (χ0) is 24.5. The van der Waals surface area contributed by atoms with Gasteiger partial charge >= 0.3 is 0 Å². The number of carbonyl (C=O) groups excluding carboxylic acids is 1. The van der Waals surface area contributed by atoms with Gasteiger partial charge < -0.3 is 4.57 Å². The topological polar surface area (TPSA) is 71.7 Å². The third kappa shape index (κ3) is 4.88. The first-order valence-electron chi connectivity index (χ1n) is 11.5. The molecule has 1 fully saturated rings. The zero-order valence-electron chi connectivity index (χ0n) is 19.7. The van der Waals surface area contributed by atoms with Crippen molar-refractivity contribution < 1.29 is 13.2 Å². The van der Waals surface area contributed by atoms with Gasteiger partial charge in [-0.25, -0.2) is 8.42 Å². The van der Waals surface area contributed by atoms with Gasteiger partial charge in [0.1, 0.15) is 0 Å². The van der Waals surface area contributed by atoms with Gasteiger partial charge in [0.25, 0.3) is 5.91 Å². The molecule has 0 spiro atoms. The van der Waals surface area contributed by atoms with Gasteiger partial charge in [0.05, 0.1) is 21.7 Å². The van der Waals surface area contributed by atoms with E-state index in [0.29, 0.717) is 41.8 Å². The Morgan fingerprint density at radius 2 is 1.82 bits per heavy atom. The molecule has 6 nitrogen and oxygen atoms in total. The summed E-state index contributed by atoms with van der Waals surface area (Å²) in [6, 6.07) is 12.2. The molecular formula is C26H29N3O3S2. The van der Waals surface area contributed by atoms with Crippen LogP contribution in [-0.4, -0.2) is 36.3 Å². The van der Waals surface area contributed by atoms with E-state index < -0.39 is 15.9 Å². The summed E-state index contributed by atoms with van der Waals surface area (Å²) in [5.41, 5.74) is 2.48. The van der Waals surface area contributed by atoms with Crippen LogP contribution in [0.3, 0.4) is 0 Å². The smallest absolute Gasteiger partial charge is 0.279 e. The summed E-state index contributed by atoms with van der Waals surface area (Å²) in [6.45, 7) is 7.58. The number of hydrogen-bond acceptors (Lipinski definition) is 4. The van der Waals surface area contributed by atoms with Crippen LogP contribution in [0.4, 0.5) is 0 Å². The van der Waals surface area contributed by atoms with Gasteiger partial charge in [-0.15, -0.1) is 6.42 Å². The van der Waals surface area contributed by atoms with Crippen LogP contribution in [-0.2, 0) is 23.0 Å². The molecule has 1 aromatic heterocycles. The molecule has 0 bridgehead atoms. The van der Waals surface area contributed by atoms with Crippen molar-refractivity contribution >= 4 is 37.5 Å². The monoisotopic (exact) mass is 495 g/mol. The number of fused-ring (bicyclic) bond motifs is 1. The van der Waals surface area contributed by atoms with Crippen LogP contribution in [0.25, 0.3) is 10.2 Å². The van der Waals surface area contributed by atoms with Crippen molar-refractivity contribution in [2.45, 2.75) is 45.1 Å². The van der Waals surface area contributed by atoms with Gasteiger partial charge in [-0.05, 0) is 66.6 Å². The van der Waals surface area contributed by atoms with Crippen molar-refractivity contribution in [3.63, 3.8) is 0 Å². The molecule has 34 heavy (non-hydrogen) atoms. The fourth-order valence-corrected chi connectivity index (χ4v) is 7.31. The highest BCUT2D eigenvalue weighted by atomic mass is 32.2. The van der Waals surface area contributed by atoms with Crippen molar-refractivity contribution in [1.82, 2.24) is 8.87 Å². The Hall–Kier alpha value is -2.73. The minimum atomic E-state index is -3.60. The van der Waals surface area contributed by atoms with Crippen molar-refractivity contribution in [3.8, 4) is 12.3 Å². The highest BCUT2D eigenvalue weighted by molar-refractivity contribution is 7.89. The SMILES string of the molecule is C#CCn1c(=NC(=O)c2ccc(S(=O)(=O)N3CC(C)CC(C)C3)cc2)sc2cc(CC)ccc21. The largest absolute Gasteiger partial charge is 0.305 e. The minimum absolute atomic E-state index is 0.196. The number of thiazole rings is 1. The van der Waals surface area contributed by atoms with E-state index in [-0.39, 0.29) is 4.90 Å². The molecule has 2 heterocycles. The predicted octanol–water partition coefficient (Wildman–Crippen LogP) is 4.31. The summed E-state index contributed by atoms with van der Waals surface area (Å²) in [5.74, 6) is 2.84. The Kier molecular flexibility index (Phi) is 7.08. The first-order valence-corrected chi connectivity index (χ1v) is 13.7. The number of aryl methyl sites for hydroxylation is 1. The Balaban J connectivity index is 1.64. The molecular weight excluding hydrogens is 466 g/mol. The second-order valence-corrected chi connectivity index (χ2v) is 12.0. The van der Waals surface area contributed by atoms with Gasteiger partial charge in [0.2, 0.25) is 10.0 Å². The number of piperidine rings is 1. The van der Waals surface area contributed by atoms with Crippen molar-refractivity contribution in [2.75, 3.05) is 13.1 Å². The number of rotatable bonds is 5. The lowest BCUT2D eigenvalue weighted by Crippen LogP contribution is -2.42. The Morgan fingerprint density at radius 3 is 2.44 bits per heavy atom. The Morgan fingerprint density at radius 1 is 1.15 bits per heavy atom. The van der Waals surface area contributed by atoms with Crippen LogP contribution in [0.2, 0.25) is 0 Å². The molecule has 2 aromatic carbocycles. The summed E-state index contributed by atoms with van der Waals surface area (Å²) in [5, 5.41) is 0. The van der Waals surface area contributed by atoms with Crippen LogP contribution in [0, 0.1) is 24.2 Å². The summed E-state index contributed by atoms with van der Waals surface area (Å²) in [7, 11) is -3.60. The second-order valence-electron chi connectivity index (χ2n) is 9.04. The molecule has 8 heteroatoms. The van der Waals surface area contributed by atoms with Gasteiger partial charge in [0, 0.05) is 18.7 Å². The van der Waals surface area contributed by atoms with E-state index in [1.165, 1.54) is 41.2 Å². The highest BCUT2D eigenvalue weighted by Gasteiger charge is 2.31.